The molecular formula is C12H19NO. The highest BCUT2D eigenvalue weighted by molar-refractivity contribution is 5.17. The molecule has 1 aromatic carbocycles. The average Bonchev–Trinajstić information content (AvgIpc) is 2.20. The Morgan fingerprint density at radius 3 is 2.43 bits per heavy atom. The molecule has 0 saturated carbocycles. The molecule has 1 rings (SSSR count). The van der Waals surface area contributed by atoms with Gasteiger partial charge in [-0.2, -0.15) is 0 Å². The van der Waals surface area contributed by atoms with Crippen LogP contribution in [-0.2, 0) is 11.2 Å². The van der Waals surface area contributed by atoms with Crippen molar-refractivity contribution >= 4 is 0 Å². The Labute approximate surface area is 86.1 Å². The summed E-state index contributed by atoms with van der Waals surface area (Å²) in [5.41, 5.74) is 6.76. The number of nitrogens with two attached hydrogens (primary N) is 1. The second-order valence-corrected chi connectivity index (χ2v) is 3.75. The first-order valence-electron chi connectivity index (χ1n) is 5.08. The lowest BCUT2D eigenvalue weighted by molar-refractivity contribution is -0.0171. The van der Waals surface area contributed by atoms with Crippen LogP contribution in [0.15, 0.2) is 30.3 Å². The zero-order chi connectivity index (χ0) is 10.4. The molecule has 0 aliphatic carbocycles. The summed E-state index contributed by atoms with van der Waals surface area (Å²) in [7, 11) is 0. The number of benzene rings is 1. The monoisotopic (exact) mass is 193 g/mol. The van der Waals surface area contributed by atoms with Crippen LogP contribution in [0.2, 0.25) is 0 Å². The highest BCUT2D eigenvalue weighted by Crippen LogP contribution is 2.16. The molecule has 0 amide bonds. The fourth-order valence-corrected chi connectivity index (χ4v) is 1.56. The third kappa shape index (κ3) is 3.13. The Morgan fingerprint density at radius 2 is 1.93 bits per heavy atom. The van der Waals surface area contributed by atoms with Gasteiger partial charge in [0.25, 0.3) is 0 Å². The van der Waals surface area contributed by atoms with Gasteiger partial charge in [-0.05, 0) is 19.4 Å². The molecule has 0 radical (unpaired) electrons. The quantitative estimate of drug-likeness (QED) is 0.776. The van der Waals surface area contributed by atoms with Gasteiger partial charge in [0, 0.05) is 19.6 Å². The van der Waals surface area contributed by atoms with Gasteiger partial charge in [0.2, 0.25) is 0 Å². The Balaban J connectivity index is 2.65. The molecule has 1 atom stereocenters. The molecule has 0 aliphatic rings. The lowest BCUT2D eigenvalue weighted by Crippen LogP contribution is -2.39. The van der Waals surface area contributed by atoms with Gasteiger partial charge in [-0.15, -0.1) is 0 Å². The first-order valence-corrected chi connectivity index (χ1v) is 5.08. The normalized spacial score (nSPS) is 15.1. The van der Waals surface area contributed by atoms with Crippen molar-refractivity contribution in [1.29, 1.82) is 0 Å². The van der Waals surface area contributed by atoms with Crippen LogP contribution in [-0.4, -0.2) is 18.8 Å². The van der Waals surface area contributed by atoms with Gasteiger partial charge < -0.3 is 10.5 Å². The molecule has 2 N–H and O–H groups in total. The first-order chi connectivity index (χ1) is 6.70. The minimum Gasteiger partial charge on any atom is -0.374 e. The third-order valence-corrected chi connectivity index (χ3v) is 2.35. The predicted molar refractivity (Wildman–Crippen MR) is 59.2 cm³/mol. The molecule has 2 heteroatoms. The standard InChI is InChI=1S/C12H19NO/c1-3-14-12(2,10-13)9-11-7-5-4-6-8-11/h4-8H,3,9-10,13H2,1-2H3. The van der Waals surface area contributed by atoms with E-state index < -0.39 is 0 Å². The van der Waals surface area contributed by atoms with Crippen molar-refractivity contribution < 1.29 is 4.74 Å². The Hall–Kier alpha value is -0.860. The van der Waals surface area contributed by atoms with Crippen LogP contribution < -0.4 is 5.73 Å². The van der Waals surface area contributed by atoms with Crippen LogP contribution in [0.5, 0.6) is 0 Å². The lowest BCUT2D eigenvalue weighted by Gasteiger charge is -2.28. The number of rotatable bonds is 5. The zero-order valence-corrected chi connectivity index (χ0v) is 8.99. The molecule has 0 aromatic heterocycles. The van der Waals surface area contributed by atoms with Crippen LogP contribution >= 0.6 is 0 Å². The number of hydrogen-bond acceptors (Lipinski definition) is 2. The molecule has 1 aromatic rings. The largest absolute Gasteiger partial charge is 0.374 e. The SMILES string of the molecule is CCOC(C)(CN)Cc1ccccc1. The van der Waals surface area contributed by atoms with Gasteiger partial charge in [0.1, 0.15) is 0 Å². The van der Waals surface area contributed by atoms with E-state index in [1.165, 1.54) is 5.56 Å². The number of hydrogen-bond donors (Lipinski definition) is 1. The molecule has 0 saturated heterocycles. The smallest absolute Gasteiger partial charge is 0.0816 e. The van der Waals surface area contributed by atoms with Gasteiger partial charge >= 0.3 is 0 Å². The van der Waals surface area contributed by atoms with Gasteiger partial charge in [0.05, 0.1) is 5.60 Å². The molecule has 1 unspecified atom stereocenters. The maximum Gasteiger partial charge on any atom is 0.0816 e. The summed E-state index contributed by atoms with van der Waals surface area (Å²) < 4.78 is 5.66. The van der Waals surface area contributed by atoms with Gasteiger partial charge in [0.15, 0.2) is 0 Å². The van der Waals surface area contributed by atoms with E-state index in [4.69, 9.17) is 10.5 Å². The van der Waals surface area contributed by atoms with E-state index in [0.29, 0.717) is 13.2 Å². The fraction of sp³-hybridized carbons (Fsp3) is 0.500. The average molecular weight is 193 g/mol. The maximum atomic E-state index is 5.72. The Kier molecular flexibility index (Phi) is 4.11. The second-order valence-electron chi connectivity index (χ2n) is 3.75. The fourth-order valence-electron chi connectivity index (χ4n) is 1.56. The van der Waals surface area contributed by atoms with Crippen molar-refractivity contribution in [2.24, 2.45) is 5.73 Å². The van der Waals surface area contributed by atoms with Gasteiger partial charge in [-0.25, -0.2) is 0 Å². The van der Waals surface area contributed by atoms with Crippen LogP contribution in [0.3, 0.4) is 0 Å². The zero-order valence-electron chi connectivity index (χ0n) is 8.99. The van der Waals surface area contributed by atoms with E-state index in [-0.39, 0.29) is 5.60 Å². The molecule has 78 valence electrons. The summed E-state index contributed by atoms with van der Waals surface area (Å²) >= 11 is 0. The van der Waals surface area contributed by atoms with Crippen molar-refractivity contribution in [1.82, 2.24) is 0 Å². The van der Waals surface area contributed by atoms with E-state index >= 15 is 0 Å². The third-order valence-electron chi connectivity index (χ3n) is 2.35. The van der Waals surface area contributed by atoms with Crippen molar-refractivity contribution in [2.45, 2.75) is 25.9 Å². The van der Waals surface area contributed by atoms with E-state index in [1.54, 1.807) is 0 Å². The number of ether oxygens (including phenoxy) is 1. The highest BCUT2D eigenvalue weighted by Gasteiger charge is 2.22. The molecule has 0 bridgehead atoms. The van der Waals surface area contributed by atoms with E-state index in [9.17, 15) is 0 Å². The lowest BCUT2D eigenvalue weighted by atomic mass is 9.96. The summed E-state index contributed by atoms with van der Waals surface area (Å²) in [4.78, 5) is 0. The van der Waals surface area contributed by atoms with Crippen molar-refractivity contribution in [3.63, 3.8) is 0 Å². The molecule has 0 fully saturated rings. The van der Waals surface area contributed by atoms with Gasteiger partial charge in [-0.3, -0.25) is 0 Å². The highest BCUT2D eigenvalue weighted by atomic mass is 16.5. The topological polar surface area (TPSA) is 35.2 Å². The van der Waals surface area contributed by atoms with Crippen molar-refractivity contribution in [3.05, 3.63) is 35.9 Å². The van der Waals surface area contributed by atoms with Crippen LogP contribution in [0.25, 0.3) is 0 Å². The van der Waals surface area contributed by atoms with E-state index in [0.717, 1.165) is 6.42 Å². The van der Waals surface area contributed by atoms with Crippen LogP contribution in [0, 0.1) is 0 Å². The summed E-state index contributed by atoms with van der Waals surface area (Å²) in [5.74, 6) is 0. The minimum absolute atomic E-state index is 0.226. The summed E-state index contributed by atoms with van der Waals surface area (Å²) in [5, 5.41) is 0. The molecule has 0 heterocycles. The van der Waals surface area contributed by atoms with Gasteiger partial charge in [-0.1, -0.05) is 30.3 Å². The predicted octanol–water partition coefficient (Wildman–Crippen LogP) is 1.98. The molecule has 2 nitrogen and oxygen atoms in total. The summed E-state index contributed by atoms with van der Waals surface area (Å²) in [6.07, 6.45) is 0.873. The van der Waals surface area contributed by atoms with Crippen molar-refractivity contribution in [2.75, 3.05) is 13.2 Å². The summed E-state index contributed by atoms with van der Waals surface area (Å²) in [6.45, 7) is 5.32. The Morgan fingerprint density at radius 1 is 1.29 bits per heavy atom. The first kappa shape index (κ1) is 11.2. The molecule has 14 heavy (non-hydrogen) atoms. The Bertz CT molecular complexity index is 260. The van der Waals surface area contributed by atoms with E-state index in [2.05, 4.69) is 19.1 Å². The van der Waals surface area contributed by atoms with Crippen LogP contribution in [0.4, 0.5) is 0 Å². The van der Waals surface area contributed by atoms with E-state index in [1.807, 2.05) is 25.1 Å². The maximum absolute atomic E-state index is 5.72. The molecular weight excluding hydrogens is 174 g/mol. The minimum atomic E-state index is -0.226. The second kappa shape index (κ2) is 5.13. The van der Waals surface area contributed by atoms with Crippen LogP contribution in [0.1, 0.15) is 19.4 Å². The molecule has 0 aliphatic heterocycles. The molecule has 0 spiro atoms. The summed E-state index contributed by atoms with van der Waals surface area (Å²) in [6, 6.07) is 10.3. The van der Waals surface area contributed by atoms with Crippen molar-refractivity contribution in [3.8, 4) is 0 Å².